The van der Waals surface area contributed by atoms with Gasteiger partial charge in [0.2, 0.25) is 0 Å². The number of aryl methyl sites for hydroxylation is 1. The quantitative estimate of drug-likeness (QED) is 0.712. The van der Waals surface area contributed by atoms with Gasteiger partial charge < -0.3 is 4.57 Å². The Morgan fingerprint density at radius 2 is 2.21 bits per heavy atom. The zero-order valence-corrected chi connectivity index (χ0v) is 8.62. The van der Waals surface area contributed by atoms with Crippen molar-refractivity contribution in [1.29, 1.82) is 0 Å². The van der Waals surface area contributed by atoms with Gasteiger partial charge in [-0.25, -0.2) is 0 Å². The van der Waals surface area contributed by atoms with E-state index in [1.54, 1.807) is 0 Å². The highest BCUT2D eigenvalue weighted by Crippen LogP contribution is 2.17. The molecule has 3 heteroatoms. The van der Waals surface area contributed by atoms with Crippen molar-refractivity contribution in [2.45, 2.75) is 45.6 Å². The number of hydrogen-bond acceptors (Lipinski definition) is 2. The molecule has 0 radical (unpaired) electrons. The molecule has 0 spiro atoms. The van der Waals surface area contributed by atoms with Gasteiger partial charge in [0.1, 0.15) is 0 Å². The molecule has 1 aromatic rings. The van der Waals surface area contributed by atoms with Crippen LogP contribution >= 0.6 is 0 Å². The van der Waals surface area contributed by atoms with Crippen LogP contribution in [0.15, 0.2) is 11.0 Å². The summed E-state index contributed by atoms with van der Waals surface area (Å²) < 4.78 is 1.90. The van der Waals surface area contributed by atoms with Crippen LogP contribution in [0.3, 0.4) is 0 Å². The van der Waals surface area contributed by atoms with Gasteiger partial charge in [-0.2, -0.15) is 0 Å². The fraction of sp³-hybridized carbons (Fsp3) is 0.636. The van der Waals surface area contributed by atoms with Crippen LogP contribution in [0.2, 0.25) is 0 Å². The molecule has 0 N–H and O–H groups in total. The number of nitrogens with zero attached hydrogens (tertiary/aromatic N) is 2. The van der Waals surface area contributed by atoms with Crippen LogP contribution in [0.1, 0.15) is 37.6 Å². The van der Waals surface area contributed by atoms with Gasteiger partial charge in [0, 0.05) is 12.2 Å². The normalized spacial score (nSPS) is 15.2. The number of fused-ring (bicyclic) bond motifs is 1. The van der Waals surface area contributed by atoms with E-state index in [0.29, 0.717) is 0 Å². The van der Waals surface area contributed by atoms with E-state index in [4.69, 9.17) is 0 Å². The van der Waals surface area contributed by atoms with E-state index in [0.717, 1.165) is 31.5 Å². The van der Waals surface area contributed by atoms with Crippen molar-refractivity contribution in [2.24, 2.45) is 0 Å². The SMILES string of the molecule is CCCn1c2c(ncc1=O)CCCC2. The molecule has 0 fully saturated rings. The van der Waals surface area contributed by atoms with Crippen molar-refractivity contribution in [3.63, 3.8) is 0 Å². The Balaban J connectivity index is 2.49. The first-order chi connectivity index (χ1) is 6.83. The minimum absolute atomic E-state index is 0.0625. The summed E-state index contributed by atoms with van der Waals surface area (Å²) in [7, 11) is 0. The van der Waals surface area contributed by atoms with E-state index in [1.807, 2.05) is 4.57 Å². The van der Waals surface area contributed by atoms with E-state index in [-0.39, 0.29) is 5.56 Å². The molecule has 0 aliphatic heterocycles. The van der Waals surface area contributed by atoms with E-state index in [2.05, 4.69) is 11.9 Å². The highest BCUT2D eigenvalue weighted by atomic mass is 16.1. The lowest BCUT2D eigenvalue weighted by Gasteiger charge is -2.19. The lowest BCUT2D eigenvalue weighted by atomic mass is 10.00. The van der Waals surface area contributed by atoms with Crippen LogP contribution in [0.5, 0.6) is 0 Å². The van der Waals surface area contributed by atoms with E-state index in [9.17, 15) is 4.79 Å². The predicted molar refractivity (Wildman–Crippen MR) is 55.4 cm³/mol. The van der Waals surface area contributed by atoms with Crippen molar-refractivity contribution < 1.29 is 0 Å². The summed E-state index contributed by atoms with van der Waals surface area (Å²) in [6.07, 6.45) is 6.96. The maximum Gasteiger partial charge on any atom is 0.269 e. The summed E-state index contributed by atoms with van der Waals surface area (Å²) in [5.41, 5.74) is 2.39. The highest BCUT2D eigenvalue weighted by Gasteiger charge is 2.14. The number of aromatic nitrogens is 2. The largest absolute Gasteiger partial charge is 0.310 e. The topological polar surface area (TPSA) is 34.9 Å². The average Bonchev–Trinajstić information content (AvgIpc) is 2.23. The van der Waals surface area contributed by atoms with E-state index < -0.39 is 0 Å². The van der Waals surface area contributed by atoms with Gasteiger partial charge in [0.25, 0.3) is 5.56 Å². The van der Waals surface area contributed by atoms with E-state index in [1.165, 1.54) is 24.7 Å². The second kappa shape index (κ2) is 3.95. The Kier molecular flexibility index (Phi) is 2.66. The summed E-state index contributed by atoms with van der Waals surface area (Å²) in [6, 6.07) is 0. The molecule has 0 saturated carbocycles. The summed E-state index contributed by atoms with van der Waals surface area (Å²) >= 11 is 0. The van der Waals surface area contributed by atoms with E-state index >= 15 is 0 Å². The van der Waals surface area contributed by atoms with Crippen LogP contribution in [-0.2, 0) is 19.4 Å². The first-order valence-electron chi connectivity index (χ1n) is 5.40. The predicted octanol–water partition coefficient (Wildman–Crippen LogP) is 1.53. The fourth-order valence-corrected chi connectivity index (χ4v) is 2.11. The van der Waals surface area contributed by atoms with Gasteiger partial charge in [0.05, 0.1) is 11.9 Å². The maximum absolute atomic E-state index is 11.6. The third-order valence-corrected chi connectivity index (χ3v) is 2.78. The molecular formula is C11H16N2O. The van der Waals surface area contributed by atoms with Crippen LogP contribution in [0.4, 0.5) is 0 Å². The Morgan fingerprint density at radius 3 is 3.00 bits per heavy atom. The smallest absolute Gasteiger partial charge is 0.269 e. The molecule has 14 heavy (non-hydrogen) atoms. The fourth-order valence-electron chi connectivity index (χ4n) is 2.11. The molecule has 0 aromatic carbocycles. The third-order valence-electron chi connectivity index (χ3n) is 2.78. The van der Waals surface area contributed by atoms with Crippen LogP contribution in [-0.4, -0.2) is 9.55 Å². The number of hydrogen-bond donors (Lipinski definition) is 0. The molecule has 0 atom stereocenters. The van der Waals surface area contributed by atoms with Gasteiger partial charge in [-0.05, 0) is 32.1 Å². The van der Waals surface area contributed by atoms with Crippen molar-refractivity contribution in [3.05, 3.63) is 27.9 Å². The van der Waals surface area contributed by atoms with Crippen LogP contribution < -0.4 is 5.56 Å². The first kappa shape index (κ1) is 9.44. The molecule has 1 aliphatic carbocycles. The van der Waals surface area contributed by atoms with Crippen LogP contribution in [0.25, 0.3) is 0 Å². The summed E-state index contributed by atoms with van der Waals surface area (Å²) in [6.45, 7) is 2.94. The van der Waals surface area contributed by atoms with Crippen molar-refractivity contribution >= 4 is 0 Å². The molecular weight excluding hydrogens is 176 g/mol. The van der Waals surface area contributed by atoms with Gasteiger partial charge in [-0.15, -0.1) is 0 Å². The van der Waals surface area contributed by atoms with Gasteiger partial charge in [0.15, 0.2) is 0 Å². The molecule has 0 bridgehead atoms. The molecule has 0 saturated heterocycles. The minimum Gasteiger partial charge on any atom is -0.310 e. The zero-order chi connectivity index (χ0) is 9.97. The van der Waals surface area contributed by atoms with Gasteiger partial charge >= 0.3 is 0 Å². The maximum atomic E-state index is 11.6. The molecule has 0 amide bonds. The second-order valence-electron chi connectivity index (χ2n) is 3.85. The Bertz CT molecular complexity index is 381. The molecule has 0 unspecified atom stereocenters. The molecule has 2 rings (SSSR count). The summed E-state index contributed by atoms with van der Waals surface area (Å²) in [4.78, 5) is 15.8. The van der Waals surface area contributed by atoms with Gasteiger partial charge in [-0.3, -0.25) is 9.78 Å². The minimum atomic E-state index is 0.0625. The average molecular weight is 192 g/mol. The monoisotopic (exact) mass is 192 g/mol. The molecule has 1 heterocycles. The zero-order valence-electron chi connectivity index (χ0n) is 8.62. The molecule has 1 aromatic heterocycles. The molecule has 76 valence electrons. The highest BCUT2D eigenvalue weighted by molar-refractivity contribution is 5.15. The Morgan fingerprint density at radius 1 is 1.43 bits per heavy atom. The lowest BCUT2D eigenvalue weighted by Crippen LogP contribution is -2.27. The standard InChI is InChI=1S/C11H16N2O/c1-2-7-13-10-6-4-3-5-9(10)12-8-11(13)14/h8H,2-7H2,1H3. The van der Waals surface area contributed by atoms with Crippen molar-refractivity contribution in [3.8, 4) is 0 Å². The third kappa shape index (κ3) is 1.59. The lowest BCUT2D eigenvalue weighted by molar-refractivity contribution is 0.552. The summed E-state index contributed by atoms with van der Waals surface area (Å²) in [5, 5.41) is 0. The second-order valence-corrected chi connectivity index (χ2v) is 3.85. The Labute approximate surface area is 83.8 Å². The molecule has 3 nitrogen and oxygen atoms in total. The first-order valence-corrected chi connectivity index (χ1v) is 5.40. The number of rotatable bonds is 2. The van der Waals surface area contributed by atoms with Crippen molar-refractivity contribution in [2.75, 3.05) is 0 Å². The summed E-state index contributed by atoms with van der Waals surface area (Å²) in [5.74, 6) is 0. The van der Waals surface area contributed by atoms with Crippen molar-refractivity contribution in [1.82, 2.24) is 9.55 Å². The molecule has 1 aliphatic rings. The van der Waals surface area contributed by atoms with Crippen LogP contribution in [0, 0.1) is 0 Å². The van der Waals surface area contributed by atoms with Gasteiger partial charge in [-0.1, -0.05) is 6.92 Å². The Hall–Kier alpha value is -1.12.